The van der Waals surface area contributed by atoms with Gasteiger partial charge >= 0.3 is 11.9 Å². The zero-order chi connectivity index (χ0) is 33.6. The van der Waals surface area contributed by atoms with Crippen LogP contribution in [-0.4, -0.2) is 94.3 Å². The van der Waals surface area contributed by atoms with Gasteiger partial charge in [0.05, 0.1) is 25.4 Å². The van der Waals surface area contributed by atoms with Crippen molar-refractivity contribution in [1.82, 2.24) is 26.2 Å². The molecule has 0 aliphatic carbocycles. The first-order valence-electron chi connectivity index (χ1n) is 14.6. The van der Waals surface area contributed by atoms with Crippen LogP contribution in [0, 0.1) is 0 Å². The Hall–Kier alpha value is -5.53. The molecule has 0 unspecified atom stereocenters. The molecule has 244 valence electrons. The zero-order valence-electron chi connectivity index (χ0n) is 25.2. The van der Waals surface area contributed by atoms with E-state index in [2.05, 4.69) is 21.3 Å². The first-order valence-corrected chi connectivity index (χ1v) is 14.6. The molecule has 3 rings (SSSR count). The second-order valence-electron chi connectivity index (χ2n) is 10.8. The number of rotatable bonds is 6. The second kappa shape index (κ2) is 17.1. The summed E-state index contributed by atoms with van der Waals surface area (Å²) in [7, 11) is 1.27. The Bertz CT molecular complexity index is 1450. The van der Waals surface area contributed by atoms with Crippen molar-refractivity contribution in [3.8, 4) is 0 Å². The van der Waals surface area contributed by atoms with Crippen molar-refractivity contribution in [1.29, 1.82) is 0 Å². The van der Waals surface area contributed by atoms with Gasteiger partial charge in [0.1, 0.15) is 18.1 Å². The number of benzene rings is 2. The van der Waals surface area contributed by atoms with Gasteiger partial charge in [-0.05, 0) is 17.5 Å². The molecule has 0 radical (unpaired) electrons. The van der Waals surface area contributed by atoms with Gasteiger partial charge in [-0.25, -0.2) is 9.59 Å². The van der Waals surface area contributed by atoms with Crippen LogP contribution >= 0.6 is 0 Å². The fourth-order valence-corrected chi connectivity index (χ4v) is 4.65. The average Bonchev–Trinajstić information content (AvgIpc) is 3.01. The molecular formula is C32H37N5O9. The van der Waals surface area contributed by atoms with Crippen molar-refractivity contribution >= 4 is 47.6 Å². The third-order valence-corrected chi connectivity index (χ3v) is 7.10. The summed E-state index contributed by atoms with van der Waals surface area (Å²) >= 11 is 0. The monoisotopic (exact) mass is 635 g/mol. The Morgan fingerprint density at radius 3 is 2.00 bits per heavy atom. The van der Waals surface area contributed by atoms with E-state index in [-0.39, 0.29) is 25.7 Å². The summed E-state index contributed by atoms with van der Waals surface area (Å²) in [6.07, 6.45) is 1.51. The number of nitrogens with one attached hydrogen (secondary N) is 4. The van der Waals surface area contributed by atoms with Crippen LogP contribution in [0.25, 0.3) is 6.08 Å². The summed E-state index contributed by atoms with van der Waals surface area (Å²) in [6.45, 7) is -0.567. The number of carbonyl (C=O) groups excluding carboxylic acids is 5. The standard InChI is InChI=1S/C32H37N5O9/c1-37-19-28(40)36-25(32(45)46)18-27(39)35-24(16-21-10-6-3-7-11-21)30(42)33-22(13-12-20-8-4-2-5-9-20)17-26(38)34-23(31(43)44)14-15-29(37)41/h2-13,22-25H,14-19H2,1H3,(H,33,42)(H,34,38)(H,35,39)(H,36,40)(H,43,44)(H,45,46)/b13-12+/t22-,23+,24+,25+/m0/s1. The van der Waals surface area contributed by atoms with E-state index in [1.807, 2.05) is 6.07 Å². The Kier molecular flexibility index (Phi) is 13.0. The lowest BCUT2D eigenvalue weighted by atomic mass is 10.0. The minimum atomic E-state index is -1.67. The molecule has 14 heteroatoms. The lowest BCUT2D eigenvalue weighted by Gasteiger charge is -2.23. The predicted molar refractivity (Wildman–Crippen MR) is 165 cm³/mol. The summed E-state index contributed by atoms with van der Waals surface area (Å²) in [4.78, 5) is 89.7. The normalized spacial score (nSPS) is 22.8. The van der Waals surface area contributed by atoms with Crippen LogP contribution in [0.3, 0.4) is 0 Å². The minimum absolute atomic E-state index is 0.0117. The van der Waals surface area contributed by atoms with Gasteiger partial charge in [0.2, 0.25) is 29.5 Å². The molecule has 46 heavy (non-hydrogen) atoms. The fraction of sp³-hybridized carbons (Fsp3) is 0.344. The molecule has 4 atom stereocenters. The molecular weight excluding hydrogens is 598 g/mol. The Labute approximate surface area is 265 Å². The highest BCUT2D eigenvalue weighted by atomic mass is 16.4. The van der Waals surface area contributed by atoms with E-state index >= 15 is 0 Å². The Balaban J connectivity index is 1.96. The van der Waals surface area contributed by atoms with E-state index in [0.29, 0.717) is 5.56 Å². The van der Waals surface area contributed by atoms with E-state index in [4.69, 9.17) is 0 Å². The number of carboxylic acid groups (broad SMARTS) is 2. The van der Waals surface area contributed by atoms with E-state index in [0.717, 1.165) is 10.5 Å². The third kappa shape index (κ3) is 11.5. The van der Waals surface area contributed by atoms with Gasteiger partial charge in [0.25, 0.3) is 0 Å². The highest BCUT2D eigenvalue weighted by molar-refractivity contribution is 5.93. The molecule has 2 aromatic carbocycles. The molecule has 1 fully saturated rings. The van der Waals surface area contributed by atoms with Gasteiger partial charge in [-0.2, -0.15) is 0 Å². The fourth-order valence-electron chi connectivity index (χ4n) is 4.65. The molecule has 0 saturated carbocycles. The van der Waals surface area contributed by atoms with Crippen molar-refractivity contribution < 1.29 is 43.8 Å². The van der Waals surface area contributed by atoms with Crippen LogP contribution in [0.15, 0.2) is 66.7 Å². The SMILES string of the molecule is CN1CC(=O)N[C@@H](C(=O)O)CC(=O)N[C@H](Cc2ccccc2)C(=O)N[C@@H](/C=C/c2ccccc2)CC(=O)N[C@@H](C(=O)O)CCC1=O. The molecule has 1 saturated heterocycles. The van der Waals surface area contributed by atoms with Crippen LogP contribution in [0.1, 0.15) is 36.8 Å². The maximum absolute atomic E-state index is 13.6. The van der Waals surface area contributed by atoms with Gasteiger partial charge in [-0.3, -0.25) is 24.0 Å². The van der Waals surface area contributed by atoms with Crippen LogP contribution in [0.5, 0.6) is 0 Å². The molecule has 5 amide bonds. The molecule has 1 aliphatic rings. The second-order valence-corrected chi connectivity index (χ2v) is 10.8. The number of carboxylic acids is 2. The largest absolute Gasteiger partial charge is 0.480 e. The summed E-state index contributed by atoms with van der Waals surface area (Å²) < 4.78 is 0. The van der Waals surface area contributed by atoms with E-state index in [1.54, 1.807) is 66.7 Å². The van der Waals surface area contributed by atoms with Gasteiger partial charge in [0.15, 0.2) is 0 Å². The highest BCUT2D eigenvalue weighted by Crippen LogP contribution is 2.10. The lowest BCUT2D eigenvalue weighted by Crippen LogP contribution is -2.53. The summed E-state index contributed by atoms with van der Waals surface area (Å²) in [5.74, 6) is -6.65. The minimum Gasteiger partial charge on any atom is -0.480 e. The summed E-state index contributed by atoms with van der Waals surface area (Å²) in [5, 5.41) is 29.2. The van der Waals surface area contributed by atoms with Crippen LogP contribution in [0.4, 0.5) is 0 Å². The zero-order valence-corrected chi connectivity index (χ0v) is 25.2. The molecule has 0 aromatic heterocycles. The van der Waals surface area contributed by atoms with Crippen molar-refractivity contribution in [2.75, 3.05) is 13.6 Å². The van der Waals surface area contributed by atoms with Gasteiger partial charge in [-0.15, -0.1) is 0 Å². The van der Waals surface area contributed by atoms with Crippen molar-refractivity contribution in [3.63, 3.8) is 0 Å². The maximum Gasteiger partial charge on any atom is 0.326 e. The van der Waals surface area contributed by atoms with Crippen molar-refractivity contribution in [3.05, 3.63) is 77.9 Å². The van der Waals surface area contributed by atoms with E-state index < -0.39 is 78.6 Å². The topological polar surface area (TPSA) is 211 Å². The third-order valence-electron chi connectivity index (χ3n) is 7.10. The highest BCUT2D eigenvalue weighted by Gasteiger charge is 2.30. The molecule has 0 spiro atoms. The average molecular weight is 636 g/mol. The quantitative estimate of drug-likeness (QED) is 0.253. The number of nitrogens with zero attached hydrogens (tertiary/aromatic N) is 1. The Morgan fingerprint density at radius 2 is 1.37 bits per heavy atom. The predicted octanol–water partition coefficient (Wildman–Crippen LogP) is 0.0833. The van der Waals surface area contributed by atoms with E-state index in [1.165, 1.54) is 7.05 Å². The lowest BCUT2D eigenvalue weighted by molar-refractivity contribution is -0.144. The number of hydrogen-bond acceptors (Lipinski definition) is 7. The first-order chi connectivity index (χ1) is 21.9. The van der Waals surface area contributed by atoms with Gasteiger partial charge in [0, 0.05) is 19.9 Å². The smallest absolute Gasteiger partial charge is 0.326 e. The van der Waals surface area contributed by atoms with Crippen LogP contribution in [0.2, 0.25) is 0 Å². The van der Waals surface area contributed by atoms with Crippen LogP contribution < -0.4 is 21.3 Å². The Morgan fingerprint density at radius 1 is 0.783 bits per heavy atom. The first kappa shape index (κ1) is 35.0. The number of carbonyl (C=O) groups is 7. The number of amides is 5. The van der Waals surface area contributed by atoms with Crippen LogP contribution in [-0.2, 0) is 40.0 Å². The summed E-state index contributed by atoms with van der Waals surface area (Å²) in [6, 6.07) is 12.4. The molecule has 0 bridgehead atoms. The molecule has 6 N–H and O–H groups in total. The number of aliphatic carboxylic acids is 2. The maximum atomic E-state index is 13.6. The summed E-state index contributed by atoms with van der Waals surface area (Å²) in [5.41, 5.74) is 1.44. The number of hydrogen-bond donors (Lipinski definition) is 6. The molecule has 14 nitrogen and oxygen atoms in total. The van der Waals surface area contributed by atoms with Crippen molar-refractivity contribution in [2.24, 2.45) is 0 Å². The van der Waals surface area contributed by atoms with Gasteiger partial charge < -0.3 is 36.4 Å². The number of likely N-dealkylation sites (N-methyl/N-ethyl adjacent to an activating group) is 1. The van der Waals surface area contributed by atoms with Gasteiger partial charge in [-0.1, -0.05) is 72.8 Å². The molecule has 1 heterocycles. The van der Waals surface area contributed by atoms with Crippen molar-refractivity contribution in [2.45, 2.75) is 56.3 Å². The van der Waals surface area contributed by atoms with E-state index in [9.17, 15) is 43.8 Å². The molecule has 2 aromatic rings. The molecule has 1 aliphatic heterocycles.